The molecule has 0 aliphatic rings. The van der Waals surface area contributed by atoms with Crippen LogP contribution in [0.4, 0.5) is 15.8 Å². The molecule has 0 aliphatic carbocycles. The largest absolute Gasteiger partial charge is 0.376 e. The first-order chi connectivity index (χ1) is 9.90. The van der Waals surface area contributed by atoms with Gasteiger partial charge >= 0.3 is 0 Å². The van der Waals surface area contributed by atoms with Gasteiger partial charge in [-0.05, 0) is 46.3 Å². The number of hydrogen-bond acceptors (Lipinski definition) is 2. The van der Waals surface area contributed by atoms with E-state index in [0.29, 0.717) is 10.7 Å². The Morgan fingerprint density at radius 3 is 2.62 bits per heavy atom. The van der Waals surface area contributed by atoms with Gasteiger partial charge < -0.3 is 10.2 Å². The summed E-state index contributed by atoms with van der Waals surface area (Å²) in [5, 5.41) is 3.14. The number of hydrogen-bond donors (Lipinski definition) is 1. The van der Waals surface area contributed by atoms with Crippen molar-refractivity contribution in [3.8, 4) is 0 Å². The standard InChI is InChI=1S/C15H13BrClFN2O/c1-20(2)13-7-6-9(8-12(13)17)19-15(21)10-4-3-5-11(16)14(10)18/h3-8H,1-2H3,(H,19,21). The third-order valence-electron chi connectivity index (χ3n) is 2.88. The molecule has 0 bridgehead atoms. The summed E-state index contributed by atoms with van der Waals surface area (Å²) in [5.41, 5.74) is 1.32. The molecule has 1 N–H and O–H groups in total. The molecule has 0 saturated carbocycles. The summed E-state index contributed by atoms with van der Waals surface area (Å²) < 4.78 is 14.1. The molecule has 2 aromatic carbocycles. The first kappa shape index (κ1) is 15.8. The van der Waals surface area contributed by atoms with Crippen LogP contribution in [0.15, 0.2) is 40.9 Å². The summed E-state index contributed by atoms with van der Waals surface area (Å²) in [7, 11) is 3.74. The molecular weight excluding hydrogens is 359 g/mol. The van der Waals surface area contributed by atoms with Crippen molar-refractivity contribution in [1.29, 1.82) is 0 Å². The molecule has 0 saturated heterocycles. The van der Waals surface area contributed by atoms with Crippen LogP contribution in [0, 0.1) is 5.82 Å². The van der Waals surface area contributed by atoms with Crippen LogP contribution in [0.3, 0.4) is 0 Å². The molecule has 21 heavy (non-hydrogen) atoms. The average Bonchev–Trinajstić information content (AvgIpc) is 2.41. The highest BCUT2D eigenvalue weighted by molar-refractivity contribution is 9.10. The minimum absolute atomic E-state index is 0.0304. The van der Waals surface area contributed by atoms with Crippen LogP contribution in [0.1, 0.15) is 10.4 Å². The Morgan fingerprint density at radius 2 is 2.00 bits per heavy atom. The predicted molar refractivity (Wildman–Crippen MR) is 87.8 cm³/mol. The molecule has 0 aliphatic heterocycles. The molecule has 2 aromatic rings. The SMILES string of the molecule is CN(C)c1ccc(NC(=O)c2cccc(Br)c2F)cc1Cl. The number of nitrogens with zero attached hydrogens (tertiary/aromatic N) is 1. The Bertz CT molecular complexity index is 691. The molecule has 2 rings (SSSR count). The highest BCUT2D eigenvalue weighted by Crippen LogP contribution is 2.28. The van der Waals surface area contributed by atoms with Crippen molar-refractivity contribution in [2.75, 3.05) is 24.3 Å². The molecule has 0 heterocycles. The van der Waals surface area contributed by atoms with E-state index in [1.54, 1.807) is 24.3 Å². The first-order valence-electron chi connectivity index (χ1n) is 6.12. The molecule has 6 heteroatoms. The second-order valence-electron chi connectivity index (χ2n) is 4.62. The predicted octanol–water partition coefficient (Wildman–Crippen LogP) is 4.56. The van der Waals surface area contributed by atoms with Gasteiger partial charge in [0.05, 0.1) is 20.7 Å². The van der Waals surface area contributed by atoms with E-state index in [-0.39, 0.29) is 10.0 Å². The number of anilines is 2. The molecular formula is C15H13BrClFN2O. The fourth-order valence-corrected chi connectivity index (χ4v) is 2.54. The van der Waals surface area contributed by atoms with E-state index < -0.39 is 11.7 Å². The minimum atomic E-state index is -0.592. The van der Waals surface area contributed by atoms with E-state index in [1.165, 1.54) is 12.1 Å². The van der Waals surface area contributed by atoms with Crippen molar-refractivity contribution in [2.45, 2.75) is 0 Å². The van der Waals surface area contributed by atoms with Gasteiger partial charge in [0.15, 0.2) is 0 Å². The molecule has 110 valence electrons. The van der Waals surface area contributed by atoms with Gasteiger partial charge in [0, 0.05) is 19.8 Å². The van der Waals surface area contributed by atoms with Crippen molar-refractivity contribution < 1.29 is 9.18 Å². The van der Waals surface area contributed by atoms with Crippen LogP contribution >= 0.6 is 27.5 Å². The monoisotopic (exact) mass is 370 g/mol. The van der Waals surface area contributed by atoms with Crippen LogP contribution in [0.25, 0.3) is 0 Å². The van der Waals surface area contributed by atoms with Crippen molar-refractivity contribution in [3.63, 3.8) is 0 Å². The summed E-state index contributed by atoms with van der Waals surface area (Å²) in [6.07, 6.45) is 0. The van der Waals surface area contributed by atoms with Crippen LogP contribution in [0.2, 0.25) is 5.02 Å². The lowest BCUT2D eigenvalue weighted by molar-refractivity contribution is 0.102. The topological polar surface area (TPSA) is 32.3 Å². The normalized spacial score (nSPS) is 10.3. The molecule has 0 spiro atoms. The van der Waals surface area contributed by atoms with Gasteiger partial charge in [-0.1, -0.05) is 17.7 Å². The van der Waals surface area contributed by atoms with Gasteiger partial charge in [-0.15, -0.1) is 0 Å². The van der Waals surface area contributed by atoms with Gasteiger partial charge in [-0.2, -0.15) is 0 Å². The summed E-state index contributed by atoms with van der Waals surface area (Å²) in [6.45, 7) is 0. The number of halogens is 3. The maximum absolute atomic E-state index is 13.9. The molecule has 0 fully saturated rings. The van der Waals surface area contributed by atoms with Crippen molar-refractivity contribution in [2.24, 2.45) is 0 Å². The quantitative estimate of drug-likeness (QED) is 0.858. The van der Waals surface area contributed by atoms with Crippen LogP contribution < -0.4 is 10.2 Å². The van der Waals surface area contributed by atoms with E-state index in [0.717, 1.165) is 5.69 Å². The highest BCUT2D eigenvalue weighted by Gasteiger charge is 2.14. The maximum atomic E-state index is 13.9. The average molecular weight is 372 g/mol. The summed E-state index contributed by atoms with van der Waals surface area (Å²) >= 11 is 9.19. The third-order valence-corrected chi connectivity index (χ3v) is 3.80. The van der Waals surface area contributed by atoms with E-state index >= 15 is 0 Å². The number of nitrogens with one attached hydrogen (secondary N) is 1. The summed E-state index contributed by atoms with van der Waals surface area (Å²) in [5.74, 6) is -1.12. The molecule has 1 amide bonds. The Kier molecular flexibility index (Phi) is 4.85. The number of amides is 1. The Hall–Kier alpha value is -1.59. The summed E-state index contributed by atoms with van der Waals surface area (Å²) in [4.78, 5) is 14.0. The van der Waals surface area contributed by atoms with Crippen molar-refractivity contribution in [3.05, 3.63) is 57.3 Å². The minimum Gasteiger partial charge on any atom is -0.376 e. The smallest absolute Gasteiger partial charge is 0.258 e. The fraction of sp³-hybridized carbons (Fsp3) is 0.133. The van der Waals surface area contributed by atoms with Gasteiger partial charge in [-0.3, -0.25) is 4.79 Å². The number of benzene rings is 2. The molecule has 0 aromatic heterocycles. The van der Waals surface area contributed by atoms with Crippen LogP contribution in [0.5, 0.6) is 0 Å². The van der Waals surface area contributed by atoms with E-state index in [4.69, 9.17) is 11.6 Å². The van der Waals surface area contributed by atoms with E-state index in [2.05, 4.69) is 21.2 Å². The van der Waals surface area contributed by atoms with Crippen molar-refractivity contribution >= 4 is 44.8 Å². The first-order valence-corrected chi connectivity index (χ1v) is 7.29. The number of carbonyl (C=O) groups is 1. The lowest BCUT2D eigenvalue weighted by atomic mass is 10.2. The van der Waals surface area contributed by atoms with Gasteiger partial charge in [0.25, 0.3) is 5.91 Å². The number of rotatable bonds is 3. The van der Waals surface area contributed by atoms with E-state index in [1.807, 2.05) is 19.0 Å². The Labute approximate surface area is 135 Å². The second kappa shape index (κ2) is 6.45. The zero-order valence-corrected chi connectivity index (χ0v) is 13.8. The van der Waals surface area contributed by atoms with Gasteiger partial charge in [0.1, 0.15) is 5.82 Å². The fourth-order valence-electron chi connectivity index (χ4n) is 1.82. The van der Waals surface area contributed by atoms with Crippen LogP contribution in [-0.2, 0) is 0 Å². The molecule has 0 unspecified atom stereocenters. The van der Waals surface area contributed by atoms with E-state index in [9.17, 15) is 9.18 Å². The number of carbonyl (C=O) groups excluding carboxylic acids is 1. The van der Waals surface area contributed by atoms with Gasteiger partial charge in [-0.25, -0.2) is 4.39 Å². The zero-order valence-electron chi connectivity index (χ0n) is 11.5. The third kappa shape index (κ3) is 3.54. The van der Waals surface area contributed by atoms with Crippen molar-refractivity contribution in [1.82, 2.24) is 0 Å². The van der Waals surface area contributed by atoms with Crippen LogP contribution in [-0.4, -0.2) is 20.0 Å². The molecule has 0 atom stereocenters. The highest BCUT2D eigenvalue weighted by atomic mass is 79.9. The Balaban J connectivity index is 2.24. The summed E-state index contributed by atoms with van der Waals surface area (Å²) in [6, 6.07) is 9.69. The van der Waals surface area contributed by atoms with Gasteiger partial charge in [0.2, 0.25) is 0 Å². The molecule has 3 nitrogen and oxygen atoms in total. The maximum Gasteiger partial charge on any atom is 0.258 e. The Morgan fingerprint density at radius 1 is 1.29 bits per heavy atom. The lowest BCUT2D eigenvalue weighted by Gasteiger charge is -2.15. The lowest BCUT2D eigenvalue weighted by Crippen LogP contribution is -2.14. The zero-order chi connectivity index (χ0) is 15.6. The molecule has 0 radical (unpaired) electrons. The second-order valence-corrected chi connectivity index (χ2v) is 5.88.